The van der Waals surface area contributed by atoms with Crippen LogP contribution in [0.4, 0.5) is 0 Å². The molecule has 6 nitrogen and oxygen atoms in total. The molecule has 2 fully saturated rings. The van der Waals surface area contributed by atoms with Crippen molar-refractivity contribution in [3.63, 3.8) is 0 Å². The average molecular weight is 530 g/mol. The SMILES string of the molecule is CN=C(NCCCOC1CCCCC1)NCc1cccc(CN2CCOCC2)c1.I. The zero-order valence-electron chi connectivity index (χ0n) is 18.4. The van der Waals surface area contributed by atoms with Crippen LogP contribution in [0.15, 0.2) is 29.3 Å². The zero-order valence-corrected chi connectivity index (χ0v) is 20.7. The summed E-state index contributed by atoms with van der Waals surface area (Å²) in [5.74, 6) is 0.848. The van der Waals surface area contributed by atoms with Crippen molar-refractivity contribution < 1.29 is 9.47 Å². The number of rotatable bonds is 9. The van der Waals surface area contributed by atoms with E-state index < -0.39 is 0 Å². The number of aliphatic imine (C=N–C) groups is 1. The summed E-state index contributed by atoms with van der Waals surface area (Å²) in [6.45, 7) is 7.19. The van der Waals surface area contributed by atoms with E-state index in [1.165, 1.54) is 43.2 Å². The first kappa shape index (κ1) is 25.4. The number of nitrogens with one attached hydrogen (secondary N) is 2. The normalized spacial score (nSPS) is 18.6. The first-order valence-electron chi connectivity index (χ1n) is 11.3. The van der Waals surface area contributed by atoms with Crippen LogP contribution in [0.5, 0.6) is 0 Å². The second kappa shape index (κ2) is 15.0. The Morgan fingerprint density at radius 2 is 1.90 bits per heavy atom. The van der Waals surface area contributed by atoms with Gasteiger partial charge in [0.15, 0.2) is 5.96 Å². The van der Waals surface area contributed by atoms with Crippen molar-refractivity contribution in [2.75, 3.05) is 46.5 Å². The molecule has 1 aliphatic carbocycles. The van der Waals surface area contributed by atoms with Crippen molar-refractivity contribution in [1.29, 1.82) is 0 Å². The molecule has 1 aromatic rings. The predicted octanol–water partition coefficient (Wildman–Crippen LogP) is 3.54. The summed E-state index contributed by atoms with van der Waals surface area (Å²) in [6.07, 6.45) is 8.00. The number of benzene rings is 1. The third-order valence-corrected chi connectivity index (χ3v) is 5.70. The fourth-order valence-corrected chi connectivity index (χ4v) is 4.02. The minimum absolute atomic E-state index is 0. The van der Waals surface area contributed by atoms with Crippen LogP contribution >= 0.6 is 24.0 Å². The molecule has 0 spiro atoms. The van der Waals surface area contributed by atoms with Gasteiger partial charge in [-0.1, -0.05) is 43.5 Å². The molecule has 1 heterocycles. The van der Waals surface area contributed by atoms with Crippen LogP contribution in [0.25, 0.3) is 0 Å². The largest absolute Gasteiger partial charge is 0.379 e. The van der Waals surface area contributed by atoms with Gasteiger partial charge in [0.25, 0.3) is 0 Å². The molecule has 0 aromatic heterocycles. The van der Waals surface area contributed by atoms with Crippen LogP contribution in [0, 0.1) is 0 Å². The average Bonchev–Trinajstić information content (AvgIpc) is 2.77. The smallest absolute Gasteiger partial charge is 0.191 e. The Hall–Kier alpha value is -0.900. The lowest BCUT2D eigenvalue weighted by molar-refractivity contribution is 0.0277. The van der Waals surface area contributed by atoms with E-state index in [0.717, 1.165) is 64.9 Å². The lowest BCUT2D eigenvalue weighted by Crippen LogP contribution is -2.37. The van der Waals surface area contributed by atoms with Crippen LogP contribution in [-0.4, -0.2) is 63.5 Å². The number of guanidine groups is 1. The van der Waals surface area contributed by atoms with Gasteiger partial charge < -0.3 is 20.1 Å². The highest BCUT2D eigenvalue weighted by atomic mass is 127. The van der Waals surface area contributed by atoms with E-state index in [-0.39, 0.29) is 24.0 Å². The van der Waals surface area contributed by atoms with Gasteiger partial charge in [0, 0.05) is 46.4 Å². The number of nitrogens with zero attached hydrogens (tertiary/aromatic N) is 2. The van der Waals surface area contributed by atoms with Crippen molar-refractivity contribution in [2.24, 2.45) is 4.99 Å². The Balaban J connectivity index is 0.00000320. The standard InChI is InChI=1S/C23H38N4O2.HI/c1-24-23(25-11-6-14-29-22-9-3-2-4-10-22)26-18-20-7-5-8-21(17-20)19-27-12-15-28-16-13-27;/h5,7-8,17,22H,2-4,6,9-16,18-19H2,1H3,(H2,24,25,26);1H. The molecule has 1 saturated carbocycles. The van der Waals surface area contributed by atoms with Gasteiger partial charge in [0.1, 0.15) is 0 Å². The molecule has 0 atom stereocenters. The Kier molecular flexibility index (Phi) is 12.7. The van der Waals surface area contributed by atoms with E-state index in [2.05, 4.69) is 44.8 Å². The monoisotopic (exact) mass is 530 g/mol. The molecule has 0 radical (unpaired) electrons. The van der Waals surface area contributed by atoms with Crippen molar-refractivity contribution in [3.8, 4) is 0 Å². The first-order chi connectivity index (χ1) is 14.3. The zero-order chi connectivity index (χ0) is 20.2. The van der Waals surface area contributed by atoms with Crippen LogP contribution < -0.4 is 10.6 Å². The molecule has 2 aliphatic rings. The Morgan fingerprint density at radius 3 is 2.67 bits per heavy atom. The molecule has 0 unspecified atom stereocenters. The molecule has 30 heavy (non-hydrogen) atoms. The molecule has 0 amide bonds. The number of halogens is 1. The molecule has 3 rings (SSSR count). The lowest BCUT2D eigenvalue weighted by atomic mass is 9.98. The molecule has 2 N–H and O–H groups in total. The molecular weight excluding hydrogens is 491 g/mol. The second-order valence-corrected chi connectivity index (χ2v) is 8.05. The van der Waals surface area contributed by atoms with E-state index in [9.17, 15) is 0 Å². The summed E-state index contributed by atoms with van der Waals surface area (Å²) in [7, 11) is 1.82. The van der Waals surface area contributed by atoms with E-state index in [4.69, 9.17) is 9.47 Å². The third kappa shape index (κ3) is 9.49. The molecule has 7 heteroatoms. The molecule has 0 bridgehead atoms. The Morgan fingerprint density at radius 1 is 1.13 bits per heavy atom. The first-order valence-corrected chi connectivity index (χ1v) is 11.3. The van der Waals surface area contributed by atoms with Crippen molar-refractivity contribution >= 4 is 29.9 Å². The van der Waals surface area contributed by atoms with Gasteiger partial charge in [-0.25, -0.2) is 0 Å². The van der Waals surface area contributed by atoms with E-state index >= 15 is 0 Å². The van der Waals surface area contributed by atoms with Crippen molar-refractivity contribution in [1.82, 2.24) is 15.5 Å². The topological polar surface area (TPSA) is 58.1 Å². The predicted molar refractivity (Wildman–Crippen MR) is 134 cm³/mol. The Labute approximate surface area is 199 Å². The summed E-state index contributed by atoms with van der Waals surface area (Å²) in [6, 6.07) is 8.80. The molecule has 1 saturated heterocycles. The summed E-state index contributed by atoms with van der Waals surface area (Å²) in [5, 5.41) is 6.82. The van der Waals surface area contributed by atoms with Crippen LogP contribution in [0.2, 0.25) is 0 Å². The molecule has 170 valence electrons. The van der Waals surface area contributed by atoms with Gasteiger partial charge in [0.05, 0.1) is 19.3 Å². The van der Waals surface area contributed by atoms with Gasteiger partial charge in [0.2, 0.25) is 0 Å². The number of hydrogen-bond acceptors (Lipinski definition) is 4. The second-order valence-electron chi connectivity index (χ2n) is 8.05. The molecular formula is C23H39IN4O2. The third-order valence-electron chi connectivity index (χ3n) is 5.70. The van der Waals surface area contributed by atoms with Crippen LogP contribution in [0.1, 0.15) is 49.7 Å². The van der Waals surface area contributed by atoms with Gasteiger partial charge in [-0.05, 0) is 30.4 Å². The highest BCUT2D eigenvalue weighted by molar-refractivity contribution is 14.0. The van der Waals surface area contributed by atoms with E-state index in [0.29, 0.717) is 6.10 Å². The quantitative estimate of drug-likeness (QED) is 0.222. The van der Waals surface area contributed by atoms with Gasteiger partial charge in [-0.3, -0.25) is 9.89 Å². The summed E-state index contributed by atoms with van der Waals surface area (Å²) in [5.41, 5.74) is 2.63. The highest BCUT2D eigenvalue weighted by Crippen LogP contribution is 2.20. The highest BCUT2D eigenvalue weighted by Gasteiger charge is 2.13. The lowest BCUT2D eigenvalue weighted by Gasteiger charge is -2.26. The number of ether oxygens (including phenoxy) is 2. The van der Waals surface area contributed by atoms with E-state index in [1.807, 2.05) is 7.05 Å². The molecule has 1 aliphatic heterocycles. The van der Waals surface area contributed by atoms with Crippen LogP contribution in [0.3, 0.4) is 0 Å². The minimum atomic E-state index is 0. The summed E-state index contributed by atoms with van der Waals surface area (Å²) < 4.78 is 11.4. The summed E-state index contributed by atoms with van der Waals surface area (Å²) in [4.78, 5) is 6.79. The summed E-state index contributed by atoms with van der Waals surface area (Å²) >= 11 is 0. The fraction of sp³-hybridized carbons (Fsp3) is 0.696. The number of hydrogen-bond donors (Lipinski definition) is 2. The van der Waals surface area contributed by atoms with Crippen molar-refractivity contribution in [2.45, 2.75) is 57.7 Å². The fourth-order valence-electron chi connectivity index (χ4n) is 4.02. The maximum atomic E-state index is 5.99. The minimum Gasteiger partial charge on any atom is -0.379 e. The van der Waals surface area contributed by atoms with Gasteiger partial charge in [-0.15, -0.1) is 24.0 Å². The maximum Gasteiger partial charge on any atom is 0.191 e. The maximum absolute atomic E-state index is 5.99. The number of morpholine rings is 1. The van der Waals surface area contributed by atoms with Crippen molar-refractivity contribution in [3.05, 3.63) is 35.4 Å². The molecule has 1 aromatic carbocycles. The van der Waals surface area contributed by atoms with Gasteiger partial charge in [-0.2, -0.15) is 0 Å². The Bertz CT molecular complexity index is 617. The van der Waals surface area contributed by atoms with Crippen LogP contribution in [-0.2, 0) is 22.6 Å². The van der Waals surface area contributed by atoms with E-state index in [1.54, 1.807) is 0 Å². The van der Waals surface area contributed by atoms with Gasteiger partial charge >= 0.3 is 0 Å².